The molecule has 0 aliphatic carbocycles. The Labute approximate surface area is 86.5 Å². The van der Waals surface area contributed by atoms with Gasteiger partial charge in [-0.1, -0.05) is 25.9 Å². The molecule has 80 valence electrons. The zero-order valence-electron chi connectivity index (χ0n) is 9.21. The van der Waals surface area contributed by atoms with Crippen LogP contribution in [-0.2, 0) is 5.41 Å². The SMILES string of the molecule is Cc1nc2noc(C(C)(C)C)c2c(=O)[nH]1. The number of aromatic nitrogens is 3. The molecular formula is C10H13N3O2. The number of nitrogens with one attached hydrogen (secondary N) is 1. The number of rotatable bonds is 0. The minimum absolute atomic E-state index is 0.191. The van der Waals surface area contributed by atoms with Gasteiger partial charge >= 0.3 is 0 Å². The van der Waals surface area contributed by atoms with Gasteiger partial charge < -0.3 is 9.51 Å². The van der Waals surface area contributed by atoms with Crippen LogP contribution in [0.3, 0.4) is 0 Å². The third-order valence-corrected chi connectivity index (χ3v) is 2.15. The van der Waals surface area contributed by atoms with Gasteiger partial charge in [0.05, 0.1) is 0 Å². The van der Waals surface area contributed by atoms with Crippen molar-refractivity contribution in [1.82, 2.24) is 15.1 Å². The molecule has 0 atom stereocenters. The van der Waals surface area contributed by atoms with E-state index in [0.717, 1.165) is 0 Å². The molecule has 0 aliphatic rings. The van der Waals surface area contributed by atoms with Gasteiger partial charge in [0, 0.05) is 5.41 Å². The van der Waals surface area contributed by atoms with Crippen LogP contribution >= 0.6 is 0 Å². The molecule has 15 heavy (non-hydrogen) atoms. The summed E-state index contributed by atoms with van der Waals surface area (Å²) in [6, 6.07) is 0. The van der Waals surface area contributed by atoms with E-state index in [9.17, 15) is 4.79 Å². The highest BCUT2D eigenvalue weighted by atomic mass is 16.5. The molecule has 2 rings (SSSR count). The summed E-state index contributed by atoms with van der Waals surface area (Å²) >= 11 is 0. The molecule has 2 aromatic rings. The van der Waals surface area contributed by atoms with Gasteiger partial charge in [0.1, 0.15) is 11.2 Å². The first-order chi connectivity index (χ1) is 6.89. The zero-order valence-corrected chi connectivity index (χ0v) is 9.21. The first-order valence-electron chi connectivity index (χ1n) is 4.76. The Kier molecular flexibility index (Phi) is 1.92. The predicted octanol–water partition coefficient (Wildman–Crippen LogP) is 1.52. The van der Waals surface area contributed by atoms with Crippen molar-refractivity contribution in [2.75, 3.05) is 0 Å². The Morgan fingerprint density at radius 1 is 1.33 bits per heavy atom. The van der Waals surface area contributed by atoms with Crippen molar-refractivity contribution in [2.45, 2.75) is 33.1 Å². The van der Waals surface area contributed by atoms with Crippen molar-refractivity contribution in [3.63, 3.8) is 0 Å². The van der Waals surface area contributed by atoms with E-state index in [1.54, 1.807) is 6.92 Å². The van der Waals surface area contributed by atoms with Gasteiger partial charge in [-0.25, -0.2) is 4.98 Å². The van der Waals surface area contributed by atoms with E-state index >= 15 is 0 Å². The average Bonchev–Trinajstić information content (AvgIpc) is 2.45. The number of hydrogen-bond acceptors (Lipinski definition) is 4. The Bertz CT molecular complexity index is 560. The number of aromatic amines is 1. The lowest BCUT2D eigenvalue weighted by Gasteiger charge is -2.13. The molecule has 1 N–H and O–H groups in total. The van der Waals surface area contributed by atoms with Crippen molar-refractivity contribution in [3.05, 3.63) is 21.9 Å². The van der Waals surface area contributed by atoms with E-state index in [2.05, 4.69) is 15.1 Å². The third-order valence-electron chi connectivity index (χ3n) is 2.15. The number of hydrogen-bond donors (Lipinski definition) is 1. The van der Waals surface area contributed by atoms with E-state index in [0.29, 0.717) is 22.6 Å². The van der Waals surface area contributed by atoms with E-state index in [1.807, 2.05) is 20.8 Å². The smallest absolute Gasteiger partial charge is 0.264 e. The lowest BCUT2D eigenvalue weighted by Crippen LogP contribution is -2.16. The first-order valence-corrected chi connectivity index (χ1v) is 4.76. The van der Waals surface area contributed by atoms with Crippen molar-refractivity contribution < 1.29 is 4.52 Å². The van der Waals surface area contributed by atoms with Crippen LogP contribution in [0.1, 0.15) is 32.4 Å². The molecule has 0 amide bonds. The Balaban J connectivity index is 2.87. The zero-order chi connectivity index (χ0) is 11.2. The summed E-state index contributed by atoms with van der Waals surface area (Å²) in [5, 5.41) is 4.25. The van der Waals surface area contributed by atoms with Crippen LogP contribution in [0.4, 0.5) is 0 Å². The number of fused-ring (bicyclic) bond motifs is 1. The number of aryl methyl sites for hydroxylation is 1. The molecule has 0 fully saturated rings. The lowest BCUT2D eigenvalue weighted by atomic mass is 9.92. The monoisotopic (exact) mass is 207 g/mol. The van der Waals surface area contributed by atoms with E-state index in [1.165, 1.54) is 0 Å². The quantitative estimate of drug-likeness (QED) is 0.710. The molecule has 0 unspecified atom stereocenters. The number of H-pyrrole nitrogens is 1. The normalized spacial score (nSPS) is 12.3. The molecule has 2 aromatic heterocycles. The van der Waals surface area contributed by atoms with Gasteiger partial charge in [-0.05, 0) is 6.92 Å². The Morgan fingerprint density at radius 2 is 2.00 bits per heavy atom. The van der Waals surface area contributed by atoms with Crippen molar-refractivity contribution in [2.24, 2.45) is 0 Å². The maximum Gasteiger partial charge on any atom is 0.264 e. The van der Waals surface area contributed by atoms with Gasteiger partial charge in [-0.3, -0.25) is 4.79 Å². The predicted molar refractivity (Wildman–Crippen MR) is 55.9 cm³/mol. The van der Waals surface area contributed by atoms with Crippen LogP contribution in [-0.4, -0.2) is 15.1 Å². The summed E-state index contributed by atoms with van der Waals surface area (Å²) < 4.78 is 5.18. The highest BCUT2D eigenvalue weighted by Gasteiger charge is 2.25. The second-order valence-electron chi connectivity index (χ2n) is 4.61. The van der Waals surface area contributed by atoms with Gasteiger partial charge in [0.2, 0.25) is 5.65 Å². The molecule has 0 aromatic carbocycles. The first kappa shape index (κ1) is 9.89. The van der Waals surface area contributed by atoms with E-state index in [-0.39, 0.29) is 11.0 Å². The molecule has 0 bridgehead atoms. The second-order valence-corrected chi connectivity index (χ2v) is 4.61. The molecule has 0 saturated carbocycles. The van der Waals surface area contributed by atoms with Gasteiger partial charge in [-0.2, -0.15) is 0 Å². The molecule has 0 aliphatic heterocycles. The minimum Gasteiger partial charge on any atom is -0.358 e. The average molecular weight is 207 g/mol. The summed E-state index contributed by atoms with van der Waals surface area (Å²) in [6.45, 7) is 7.61. The summed E-state index contributed by atoms with van der Waals surface area (Å²) in [7, 11) is 0. The summed E-state index contributed by atoms with van der Waals surface area (Å²) in [4.78, 5) is 18.5. The molecule has 5 heteroatoms. The molecular weight excluding hydrogens is 194 g/mol. The van der Waals surface area contributed by atoms with Crippen LogP contribution in [0.25, 0.3) is 11.0 Å². The number of nitrogens with zero attached hydrogens (tertiary/aromatic N) is 2. The maximum absolute atomic E-state index is 11.7. The molecule has 5 nitrogen and oxygen atoms in total. The minimum atomic E-state index is -0.251. The Morgan fingerprint density at radius 3 is 2.60 bits per heavy atom. The summed E-state index contributed by atoms with van der Waals surface area (Å²) in [5.41, 5.74) is -0.0663. The topological polar surface area (TPSA) is 71.8 Å². The van der Waals surface area contributed by atoms with Crippen LogP contribution in [0.15, 0.2) is 9.32 Å². The fourth-order valence-corrected chi connectivity index (χ4v) is 1.49. The summed E-state index contributed by atoms with van der Waals surface area (Å²) in [6.07, 6.45) is 0. The second kappa shape index (κ2) is 2.92. The largest absolute Gasteiger partial charge is 0.358 e. The molecule has 0 saturated heterocycles. The van der Waals surface area contributed by atoms with Crippen molar-refractivity contribution >= 4 is 11.0 Å². The van der Waals surface area contributed by atoms with Crippen molar-refractivity contribution in [3.8, 4) is 0 Å². The lowest BCUT2D eigenvalue weighted by molar-refractivity contribution is 0.335. The van der Waals surface area contributed by atoms with Crippen LogP contribution in [0.5, 0.6) is 0 Å². The van der Waals surface area contributed by atoms with Crippen LogP contribution < -0.4 is 5.56 Å². The fraction of sp³-hybridized carbons (Fsp3) is 0.500. The third kappa shape index (κ3) is 1.54. The highest BCUT2D eigenvalue weighted by Crippen LogP contribution is 2.26. The van der Waals surface area contributed by atoms with Gasteiger partial charge in [0.15, 0.2) is 5.76 Å². The Hall–Kier alpha value is -1.65. The van der Waals surface area contributed by atoms with Gasteiger partial charge in [-0.15, -0.1) is 0 Å². The van der Waals surface area contributed by atoms with Crippen LogP contribution in [0.2, 0.25) is 0 Å². The van der Waals surface area contributed by atoms with E-state index < -0.39 is 0 Å². The van der Waals surface area contributed by atoms with Crippen LogP contribution in [0, 0.1) is 6.92 Å². The highest BCUT2D eigenvalue weighted by molar-refractivity contribution is 5.76. The fourth-order valence-electron chi connectivity index (χ4n) is 1.49. The molecule has 0 spiro atoms. The standard InChI is InChI=1S/C10H13N3O2/c1-5-11-8-6(9(14)12-5)7(15-13-8)10(2,3)4/h1-4H3,(H,11,12,13,14). The summed E-state index contributed by atoms with van der Waals surface area (Å²) in [5.74, 6) is 1.12. The van der Waals surface area contributed by atoms with Gasteiger partial charge in [0.25, 0.3) is 5.56 Å². The van der Waals surface area contributed by atoms with E-state index in [4.69, 9.17) is 4.52 Å². The van der Waals surface area contributed by atoms with Crippen molar-refractivity contribution in [1.29, 1.82) is 0 Å². The molecule has 2 heterocycles. The maximum atomic E-state index is 11.7. The molecule has 0 radical (unpaired) electrons.